The number of aliphatic hydroxyl groups excluding tert-OH is 2. The highest BCUT2D eigenvalue weighted by Crippen LogP contribution is 2.11. The van der Waals surface area contributed by atoms with E-state index < -0.39 is 11.5 Å². The number of aromatic carboxylic acids is 1. The number of carbonyl (C=O) groups is 1. The summed E-state index contributed by atoms with van der Waals surface area (Å²) < 4.78 is 0. The molecule has 7 nitrogen and oxygen atoms in total. The van der Waals surface area contributed by atoms with Crippen LogP contribution in [0.2, 0.25) is 0 Å². The van der Waals surface area contributed by atoms with Crippen molar-refractivity contribution < 1.29 is 20.1 Å². The predicted octanol–water partition coefficient (Wildman–Crippen LogP) is -0.670. The van der Waals surface area contributed by atoms with E-state index in [-0.39, 0.29) is 24.7 Å². The minimum Gasteiger partial charge on any atom is -0.476 e. The van der Waals surface area contributed by atoms with Crippen molar-refractivity contribution in [2.24, 2.45) is 0 Å². The van der Waals surface area contributed by atoms with Crippen molar-refractivity contribution in [1.29, 1.82) is 0 Å². The van der Waals surface area contributed by atoms with Gasteiger partial charge in [-0.3, -0.25) is 4.98 Å². The molecule has 7 heteroatoms. The van der Waals surface area contributed by atoms with Crippen LogP contribution in [0.15, 0.2) is 12.4 Å². The molecule has 0 bridgehead atoms. The van der Waals surface area contributed by atoms with E-state index in [9.17, 15) is 4.79 Å². The van der Waals surface area contributed by atoms with Crippen molar-refractivity contribution in [2.45, 2.75) is 12.5 Å². The lowest BCUT2D eigenvalue weighted by molar-refractivity contribution is 0.0690. The van der Waals surface area contributed by atoms with Crippen LogP contribution in [0.25, 0.3) is 0 Å². The summed E-state index contributed by atoms with van der Waals surface area (Å²) in [6.07, 6.45) is 2.43. The molecule has 0 aliphatic carbocycles. The zero-order valence-corrected chi connectivity index (χ0v) is 8.71. The highest BCUT2D eigenvalue weighted by molar-refractivity contribution is 5.85. The SMILES string of the molecule is CC(CO)(CO)Nc1cncc(C(=O)O)n1. The van der Waals surface area contributed by atoms with Gasteiger partial charge in [0.1, 0.15) is 5.82 Å². The maximum Gasteiger partial charge on any atom is 0.356 e. The molecule has 0 aliphatic rings. The Bertz CT molecular complexity index is 379. The van der Waals surface area contributed by atoms with Crippen LogP contribution in [-0.2, 0) is 0 Å². The Morgan fingerprint density at radius 3 is 2.56 bits per heavy atom. The fraction of sp³-hybridized carbons (Fsp3) is 0.444. The normalized spacial score (nSPS) is 11.2. The van der Waals surface area contributed by atoms with Crippen molar-refractivity contribution in [3.63, 3.8) is 0 Å². The first kappa shape index (κ1) is 12.3. The fourth-order valence-corrected chi connectivity index (χ4v) is 0.967. The average Bonchev–Trinajstić information content (AvgIpc) is 2.29. The lowest BCUT2D eigenvalue weighted by atomic mass is 10.1. The number of nitrogens with zero attached hydrogens (tertiary/aromatic N) is 2. The highest BCUT2D eigenvalue weighted by atomic mass is 16.4. The molecule has 0 saturated heterocycles. The van der Waals surface area contributed by atoms with E-state index in [0.717, 1.165) is 6.20 Å². The van der Waals surface area contributed by atoms with Crippen LogP contribution in [0.5, 0.6) is 0 Å². The molecule has 1 rings (SSSR count). The molecule has 0 saturated carbocycles. The molecule has 0 aliphatic heterocycles. The maximum absolute atomic E-state index is 10.6. The van der Waals surface area contributed by atoms with E-state index in [4.69, 9.17) is 15.3 Å². The number of carboxylic acids is 1. The second-order valence-electron chi connectivity index (χ2n) is 3.60. The first-order valence-electron chi connectivity index (χ1n) is 4.56. The molecule has 1 aromatic heterocycles. The molecular weight excluding hydrogens is 214 g/mol. The van der Waals surface area contributed by atoms with Crippen molar-refractivity contribution in [3.05, 3.63) is 18.1 Å². The Kier molecular flexibility index (Phi) is 3.75. The molecule has 1 aromatic rings. The molecule has 88 valence electrons. The molecule has 0 fully saturated rings. The predicted molar refractivity (Wildman–Crippen MR) is 55.2 cm³/mol. The summed E-state index contributed by atoms with van der Waals surface area (Å²) in [7, 11) is 0. The number of hydrogen-bond donors (Lipinski definition) is 4. The number of anilines is 1. The standard InChI is InChI=1S/C9H13N3O4/c1-9(4-13,5-14)12-7-3-10-2-6(11-7)8(15)16/h2-3,13-14H,4-5H2,1H3,(H,11,12)(H,15,16). The van der Waals surface area contributed by atoms with Crippen LogP contribution in [0.1, 0.15) is 17.4 Å². The highest BCUT2D eigenvalue weighted by Gasteiger charge is 2.22. The zero-order chi connectivity index (χ0) is 12.2. The Morgan fingerprint density at radius 2 is 2.06 bits per heavy atom. The van der Waals surface area contributed by atoms with Crippen LogP contribution < -0.4 is 5.32 Å². The summed E-state index contributed by atoms with van der Waals surface area (Å²) in [4.78, 5) is 18.1. The molecular formula is C9H13N3O4. The van der Waals surface area contributed by atoms with E-state index in [0.29, 0.717) is 0 Å². The summed E-state index contributed by atoms with van der Waals surface area (Å²) >= 11 is 0. The smallest absolute Gasteiger partial charge is 0.356 e. The van der Waals surface area contributed by atoms with Crippen LogP contribution in [0.3, 0.4) is 0 Å². The van der Waals surface area contributed by atoms with E-state index in [1.165, 1.54) is 6.20 Å². The van der Waals surface area contributed by atoms with Crippen molar-refractivity contribution >= 4 is 11.8 Å². The molecule has 0 amide bonds. The first-order chi connectivity index (χ1) is 7.50. The van der Waals surface area contributed by atoms with E-state index in [2.05, 4.69) is 15.3 Å². The largest absolute Gasteiger partial charge is 0.476 e. The number of aliphatic hydroxyl groups is 2. The van der Waals surface area contributed by atoms with Crippen molar-refractivity contribution in [1.82, 2.24) is 9.97 Å². The monoisotopic (exact) mass is 227 g/mol. The summed E-state index contributed by atoms with van der Waals surface area (Å²) in [6, 6.07) is 0. The van der Waals surface area contributed by atoms with Crippen LogP contribution in [0, 0.1) is 0 Å². The van der Waals surface area contributed by atoms with Gasteiger partial charge in [0.05, 0.1) is 31.1 Å². The van der Waals surface area contributed by atoms with E-state index >= 15 is 0 Å². The second kappa shape index (κ2) is 4.86. The first-order valence-corrected chi connectivity index (χ1v) is 4.56. The molecule has 0 radical (unpaired) electrons. The summed E-state index contributed by atoms with van der Waals surface area (Å²) in [5.74, 6) is -1.00. The third-order valence-corrected chi connectivity index (χ3v) is 1.98. The molecule has 0 atom stereocenters. The van der Waals surface area contributed by atoms with Crippen LogP contribution in [-0.4, -0.2) is 50.0 Å². The number of hydrogen-bond acceptors (Lipinski definition) is 6. The number of aromatic nitrogens is 2. The fourth-order valence-electron chi connectivity index (χ4n) is 0.967. The van der Waals surface area contributed by atoms with Crippen LogP contribution >= 0.6 is 0 Å². The number of carboxylic acid groups (broad SMARTS) is 1. The van der Waals surface area contributed by atoms with Gasteiger partial charge in [-0.25, -0.2) is 9.78 Å². The van der Waals surface area contributed by atoms with Gasteiger partial charge in [-0.1, -0.05) is 0 Å². The number of rotatable bonds is 5. The third kappa shape index (κ3) is 2.88. The van der Waals surface area contributed by atoms with Gasteiger partial charge in [0.15, 0.2) is 5.69 Å². The van der Waals surface area contributed by atoms with Gasteiger partial charge in [0.2, 0.25) is 0 Å². The minimum absolute atomic E-state index is 0.186. The molecule has 0 unspecified atom stereocenters. The number of nitrogens with one attached hydrogen (secondary N) is 1. The van der Waals surface area contributed by atoms with Crippen LogP contribution in [0.4, 0.5) is 5.82 Å². The van der Waals surface area contributed by atoms with Gasteiger partial charge in [-0.2, -0.15) is 0 Å². The van der Waals surface area contributed by atoms with E-state index in [1.54, 1.807) is 6.92 Å². The summed E-state index contributed by atoms with van der Waals surface area (Å²) in [5, 5.41) is 29.5. The summed E-state index contributed by atoms with van der Waals surface area (Å²) in [5.41, 5.74) is -1.17. The Hall–Kier alpha value is -1.73. The molecule has 0 aromatic carbocycles. The average molecular weight is 227 g/mol. The van der Waals surface area contributed by atoms with Gasteiger partial charge in [-0.05, 0) is 6.92 Å². The Labute approximate surface area is 91.8 Å². The van der Waals surface area contributed by atoms with Crippen molar-refractivity contribution in [2.75, 3.05) is 18.5 Å². The zero-order valence-electron chi connectivity index (χ0n) is 8.71. The second-order valence-corrected chi connectivity index (χ2v) is 3.60. The van der Waals surface area contributed by atoms with Gasteiger partial charge >= 0.3 is 5.97 Å². The third-order valence-electron chi connectivity index (χ3n) is 1.98. The van der Waals surface area contributed by atoms with Gasteiger partial charge < -0.3 is 20.6 Å². The Balaban J connectivity index is 2.89. The van der Waals surface area contributed by atoms with Gasteiger partial charge in [0, 0.05) is 0 Å². The lowest BCUT2D eigenvalue weighted by Gasteiger charge is -2.26. The summed E-state index contributed by atoms with van der Waals surface area (Å²) in [6.45, 7) is 0.938. The van der Waals surface area contributed by atoms with Crippen molar-refractivity contribution in [3.8, 4) is 0 Å². The van der Waals surface area contributed by atoms with Gasteiger partial charge in [0.25, 0.3) is 0 Å². The minimum atomic E-state index is -1.19. The lowest BCUT2D eigenvalue weighted by Crippen LogP contribution is -2.42. The Morgan fingerprint density at radius 1 is 1.44 bits per heavy atom. The maximum atomic E-state index is 10.6. The molecule has 0 spiro atoms. The molecule has 1 heterocycles. The quantitative estimate of drug-likeness (QED) is 0.527. The van der Waals surface area contributed by atoms with Gasteiger partial charge in [-0.15, -0.1) is 0 Å². The molecule has 16 heavy (non-hydrogen) atoms. The molecule has 4 N–H and O–H groups in total. The topological polar surface area (TPSA) is 116 Å². The van der Waals surface area contributed by atoms with E-state index in [1.807, 2.05) is 0 Å².